The average Bonchev–Trinajstić information content (AvgIpc) is 2.76. The van der Waals surface area contributed by atoms with Crippen molar-refractivity contribution in [1.82, 2.24) is 4.90 Å². The third kappa shape index (κ3) is 2.26. The summed E-state index contributed by atoms with van der Waals surface area (Å²) in [4.78, 5) is 2.46. The molecule has 0 N–H and O–H groups in total. The van der Waals surface area contributed by atoms with Crippen molar-refractivity contribution in [3.8, 4) is 0 Å². The molecule has 3 rings (SSSR count). The molecular weight excluding hydrogens is 206 g/mol. The molecule has 1 aliphatic carbocycles. The highest BCUT2D eigenvalue weighted by molar-refractivity contribution is 5.39. The van der Waals surface area contributed by atoms with Crippen molar-refractivity contribution in [1.29, 1.82) is 0 Å². The van der Waals surface area contributed by atoms with E-state index >= 15 is 0 Å². The van der Waals surface area contributed by atoms with Crippen molar-refractivity contribution in [3.63, 3.8) is 0 Å². The van der Waals surface area contributed by atoms with Crippen LogP contribution in [0.25, 0.3) is 0 Å². The molecule has 0 radical (unpaired) electrons. The molecule has 1 aromatic rings. The minimum atomic E-state index is 0.545. The molecule has 0 amide bonds. The summed E-state index contributed by atoms with van der Waals surface area (Å²) in [5.41, 5.74) is 3.82. The Labute approximate surface area is 106 Å². The van der Waals surface area contributed by atoms with Crippen LogP contribution in [0.5, 0.6) is 0 Å². The zero-order chi connectivity index (χ0) is 12.3. The molecule has 1 spiro atoms. The van der Waals surface area contributed by atoms with Crippen molar-refractivity contribution < 1.29 is 0 Å². The summed E-state index contributed by atoms with van der Waals surface area (Å²) in [6.07, 6.45) is 5.42. The lowest BCUT2D eigenvalue weighted by molar-refractivity contribution is 0.187. The largest absolute Gasteiger partial charge is 0.306 e. The van der Waals surface area contributed by atoms with E-state index in [0.717, 1.165) is 0 Å². The predicted molar refractivity (Wildman–Crippen MR) is 74.5 cm³/mol. The summed E-state index contributed by atoms with van der Waals surface area (Å²) in [5, 5.41) is 0. The number of rotatable bonds is 0. The number of hydrogen-bond donors (Lipinski definition) is 0. The highest BCUT2D eigenvalue weighted by atomic mass is 15.1. The number of benzene rings is 1. The Kier molecular flexibility index (Phi) is 3.88. The first-order valence-corrected chi connectivity index (χ1v) is 7.07. The molecule has 0 saturated carbocycles. The van der Waals surface area contributed by atoms with Gasteiger partial charge < -0.3 is 4.90 Å². The third-order valence-electron chi connectivity index (χ3n) is 4.41. The molecule has 1 fully saturated rings. The molecule has 1 aliphatic heterocycles. The summed E-state index contributed by atoms with van der Waals surface area (Å²) >= 11 is 0. The quantitative estimate of drug-likeness (QED) is 0.659. The van der Waals surface area contributed by atoms with E-state index < -0.39 is 0 Å². The van der Waals surface area contributed by atoms with E-state index in [1.165, 1.54) is 38.8 Å². The van der Waals surface area contributed by atoms with Gasteiger partial charge in [-0.1, -0.05) is 38.1 Å². The molecule has 1 aromatic carbocycles. The fraction of sp³-hybridized carbons (Fsp3) is 0.625. The minimum Gasteiger partial charge on any atom is -0.306 e. The van der Waals surface area contributed by atoms with E-state index in [9.17, 15) is 0 Å². The van der Waals surface area contributed by atoms with Crippen LogP contribution in [-0.4, -0.2) is 25.0 Å². The van der Waals surface area contributed by atoms with Crippen LogP contribution >= 0.6 is 0 Å². The average molecular weight is 231 g/mol. The van der Waals surface area contributed by atoms with E-state index in [4.69, 9.17) is 0 Å². The molecule has 0 aromatic heterocycles. The lowest BCUT2D eigenvalue weighted by Crippen LogP contribution is -2.39. The van der Waals surface area contributed by atoms with Gasteiger partial charge in [-0.15, -0.1) is 0 Å². The Balaban J connectivity index is 0.000000514. The monoisotopic (exact) mass is 231 g/mol. The van der Waals surface area contributed by atoms with Crippen molar-refractivity contribution in [2.24, 2.45) is 0 Å². The maximum atomic E-state index is 2.46. The first-order valence-electron chi connectivity index (χ1n) is 7.07. The molecule has 1 saturated heterocycles. The SMILES string of the molecule is CC.CN1CCC2(CCc3ccccc32)CC1. The van der Waals surface area contributed by atoms with Crippen LogP contribution < -0.4 is 0 Å². The van der Waals surface area contributed by atoms with Crippen LogP contribution in [0, 0.1) is 0 Å². The van der Waals surface area contributed by atoms with Crippen molar-refractivity contribution >= 4 is 0 Å². The van der Waals surface area contributed by atoms with Gasteiger partial charge in [-0.25, -0.2) is 0 Å². The van der Waals surface area contributed by atoms with Crippen LogP contribution in [-0.2, 0) is 11.8 Å². The Morgan fingerprint density at radius 2 is 1.65 bits per heavy atom. The van der Waals surface area contributed by atoms with Crippen molar-refractivity contribution in [3.05, 3.63) is 35.4 Å². The van der Waals surface area contributed by atoms with Gasteiger partial charge in [0, 0.05) is 0 Å². The van der Waals surface area contributed by atoms with Gasteiger partial charge in [0.15, 0.2) is 0 Å². The van der Waals surface area contributed by atoms with Gasteiger partial charge in [0.1, 0.15) is 0 Å². The number of likely N-dealkylation sites (tertiary alicyclic amines) is 1. The summed E-state index contributed by atoms with van der Waals surface area (Å²) in [6, 6.07) is 9.09. The zero-order valence-electron chi connectivity index (χ0n) is 11.5. The lowest BCUT2D eigenvalue weighted by atomic mass is 9.74. The molecule has 0 atom stereocenters. The first-order chi connectivity index (χ1) is 8.30. The van der Waals surface area contributed by atoms with E-state index in [2.05, 4.69) is 36.2 Å². The van der Waals surface area contributed by atoms with Gasteiger partial charge in [-0.05, 0) is 62.4 Å². The Bertz CT molecular complexity index is 362. The second kappa shape index (κ2) is 5.22. The molecule has 17 heavy (non-hydrogen) atoms. The predicted octanol–water partition coefficient (Wildman–Crippen LogP) is 3.62. The van der Waals surface area contributed by atoms with Gasteiger partial charge in [0.25, 0.3) is 0 Å². The maximum absolute atomic E-state index is 2.46. The van der Waals surface area contributed by atoms with Crippen LogP contribution in [0.1, 0.15) is 44.2 Å². The topological polar surface area (TPSA) is 3.24 Å². The Morgan fingerprint density at radius 3 is 2.35 bits per heavy atom. The maximum Gasteiger partial charge on any atom is -0.00133 e. The van der Waals surface area contributed by atoms with Crippen LogP contribution in [0.15, 0.2) is 24.3 Å². The third-order valence-corrected chi connectivity index (χ3v) is 4.41. The normalized spacial score (nSPS) is 21.8. The highest BCUT2D eigenvalue weighted by Gasteiger charge is 2.39. The molecule has 1 nitrogen and oxygen atoms in total. The fourth-order valence-electron chi connectivity index (χ4n) is 3.33. The van der Waals surface area contributed by atoms with Gasteiger partial charge in [0.05, 0.1) is 0 Å². The van der Waals surface area contributed by atoms with Crippen LogP contribution in [0.4, 0.5) is 0 Å². The number of fused-ring (bicyclic) bond motifs is 2. The number of hydrogen-bond acceptors (Lipinski definition) is 1. The number of nitrogens with zero attached hydrogens (tertiary/aromatic N) is 1. The first kappa shape index (κ1) is 12.6. The summed E-state index contributed by atoms with van der Waals surface area (Å²) in [6.45, 7) is 6.54. The Hall–Kier alpha value is -0.820. The lowest BCUT2D eigenvalue weighted by Gasteiger charge is -2.38. The van der Waals surface area contributed by atoms with E-state index in [1.54, 1.807) is 11.1 Å². The van der Waals surface area contributed by atoms with Crippen molar-refractivity contribution in [2.45, 2.75) is 44.9 Å². The van der Waals surface area contributed by atoms with E-state index in [0.29, 0.717) is 5.41 Å². The molecule has 0 bridgehead atoms. The molecule has 94 valence electrons. The standard InChI is InChI=1S/C14H19N.C2H6/c1-15-10-8-14(9-11-15)7-6-12-4-2-3-5-13(12)14;1-2/h2-5H,6-11H2,1H3;1-2H3. The second-order valence-corrected chi connectivity index (χ2v) is 5.24. The number of piperidine rings is 1. The fourth-order valence-corrected chi connectivity index (χ4v) is 3.33. The summed E-state index contributed by atoms with van der Waals surface area (Å²) in [5.74, 6) is 0. The second-order valence-electron chi connectivity index (χ2n) is 5.24. The number of aryl methyl sites for hydroxylation is 1. The van der Waals surface area contributed by atoms with Crippen LogP contribution in [0.3, 0.4) is 0 Å². The van der Waals surface area contributed by atoms with Crippen molar-refractivity contribution in [2.75, 3.05) is 20.1 Å². The van der Waals surface area contributed by atoms with E-state index in [-0.39, 0.29) is 0 Å². The zero-order valence-corrected chi connectivity index (χ0v) is 11.5. The summed E-state index contributed by atoms with van der Waals surface area (Å²) in [7, 11) is 2.24. The van der Waals surface area contributed by atoms with Gasteiger partial charge in [-0.2, -0.15) is 0 Å². The Morgan fingerprint density at radius 1 is 1.00 bits per heavy atom. The highest BCUT2D eigenvalue weighted by Crippen LogP contribution is 2.45. The smallest absolute Gasteiger partial charge is 0.00133 e. The van der Waals surface area contributed by atoms with Gasteiger partial charge in [0.2, 0.25) is 0 Å². The van der Waals surface area contributed by atoms with Gasteiger partial charge >= 0.3 is 0 Å². The molecular formula is C16H25N. The summed E-state index contributed by atoms with van der Waals surface area (Å²) < 4.78 is 0. The molecule has 1 heterocycles. The van der Waals surface area contributed by atoms with Gasteiger partial charge in [-0.3, -0.25) is 0 Å². The molecule has 1 heteroatoms. The molecule has 2 aliphatic rings. The molecule has 0 unspecified atom stereocenters. The van der Waals surface area contributed by atoms with E-state index in [1.807, 2.05) is 13.8 Å². The minimum absolute atomic E-state index is 0.545. The van der Waals surface area contributed by atoms with Crippen LogP contribution in [0.2, 0.25) is 0 Å².